The van der Waals surface area contributed by atoms with E-state index in [0.29, 0.717) is 55.9 Å². The number of fused-ring (bicyclic) bond motifs is 1. The number of dihydropyridines is 1. The maximum absolute atomic E-state index is 12.0. The lowest BCUT2D eigenvalue weighted by Crippen LogP contribution is -2.28. The summed E-state index contributed by atoms with van der Waals surface area (Å²) in [5.41, 5.74) is 1.25. The van der Waals surface area contributed by atoms with E-state index < -0.39 is 5.92 Å². The van der Waals surface area contributed by atoms with Crippen LogP contribution in [-0.4, -0.2) is 36.9 Å². The van der Waals surface area contributed by atoms with Gasteiger partial charge in [0.2, 0.25) is 5.91 Å². The zero-order valence-electron chi connectivity index (χ0n) is 16.0. The quantitative estimate of drug-likeness (QED) is 0.470. The smallest absolute Gasteiger partial charge is 0.277 e. The first-order valence-electron chi connectivity index (χ1n) is 9.64. The molecule has 1 aromatic carbocycles. The lowest BCUT2D eigenvalue weighted by Gasteiger charge is -2.19. The van der Waals surface area contributed by atoms with E-state index in [2.05, 4.69) is 25.9 Å². The van der Waals surface area contributed by atoms with E-state index >= 15 is 0 Å². The normalized spacial score (nSPS) is 17.2. The molecule has 150 valence electrons. The van der Waals surface area contributed by atoms with Gasteiger partial charge in [-0.15, -0.1) is 10.2 Å². The molecule has 1 unspecified atom stereocenters. The van der Waals surface area contributed by atoms with Crippen LogP contribution in [0.15, 0.2) is 69.2 Å². The van der Waals surface area contributed by atoms with E-state index in [1.165, 1.54) is 0 Å². The van der Waals surface area contributed by atoms with E-state index in [9.17, 15) is 14.4 Å². The van der Waals surface area contributed by atoms with E-state index in [1.807, 2.05) is 18.2 Å². The second kappa shape index (κ2) is 10.2. The minimum atomic E-state index is -0.474. The van der Waals surface area contributed by atoms with Gasteiger partial charge >= 0.3 is 0 Å². The Morgan fingerprint density at radius 2 is 1.83 bits per heavy atom. The number of nitrogens with zero attached hydrogens (tertiary/aromatic N) is 3. The number of hydrogen-bond acceptors (Lipinski definition) is 6. The molecule has 1 aromatic rings. The zero-order chi connectivity index (χ0) is 20.5. The first-order chi connectivity index (χ1) is 14.1. The molecular weight excluding hydrogens is 370 g/mol. The van der Waals surface area contributed by atoms with E-state index in [1.54, 1.807) is 30.5 Å². The van der Waals surface area contributed by atoms with E-state index in [-0.39, 0.29) is 17.6 Å². The van der Waals surface area contributed by atoms with Gasteiger partial charge in [0, 0.05) is 37.7 Å². The summed E-state index contributed by atoms with van der Waals surface area (Å²) in [5.74, 6) is -0.329. The fraction of sp³-hybridized carbons (Fsp3) is 0.333. The number of aliphatic imine (C=N–C) groups is 1. The Balaban J connectivity index is 1.31. The first-order valence-corrected chi connectivity index (χ1v) is 9.64. The largest absolute Gasteiger partial charge is 0.367 e. The van der Waals surface area contributed by atoms with Crippen molar-refractivity contribution in [3.05, 3.63) is 59.6 Å². The molecule has 0 radical (unpaired) electrons. The second-order valence-electron chi connectivity index (χ2n) is 6.69. The van der Waals surface area contributed by atoms with Crippen molar-refractivity contribution in [3.8, 4) is 0 Å². The van der Waals surface area contributed by atoms with E-state index in [4.69, 9.17) is 0 Å². The average Bonchev–Trinajstić information content (AvgIpc) is 2.75. The Bertz CT molecular complexity index is 887. The van der Waals surface area contributed by atoms with Gasteiger partial charge in [0.15, 0.2) is 11.6 Å². The summed E-state index contributed by atoms with van der Waals surface area (Å²) in [6, 6.07) is 9.09. The van der Waals surface area contributed by atoms with Gasteiger partial charge in [-0.1, -0.05) is 36.4 Å². The summed E-state index contributed by atoms with van der Waals surface area (Å²) in [5, 5.41) is 13.5. The number of hydrogen-bond donors (Lipinski definition) is 2. The number of carbonyl (C=O) groups is 3. The predicted molar refractivity (Wildman–Crippen MR) is 108 cm³/mol. The van der Waals surface area contributed by atoms with Crippen molar-refractivity contribution in [3.63, 3.8) is 0 Å². The van der Waals surface area contributed by atoms with Gasteiger partial charge in [0.1, 0.15) is 11.6 Å². The molecule has 0 aliphatic carbocycles. The highest BCUT2D eigenvalue weighted by molar-refractivity contribution is 5.96. The fourth-order valence-electron chi connectivity index (χ4n) is 2.99. The number of Topliss-reactive ketones (excluding diaryl/α,β-unsaturated/α-hetero) is 1. The summed E-state index contributed by atoms with van der Waals surface area (Å²) in [6.07, 6.45) is 6.95. The third kappa shape index (κ3) is 5.78. The highest BCUT2D eigenvalue weighted by Crippen LogP contribution is 2.26. The molecule has 0 fully saturated rings. The van der Waals surface area contributed by atoms with Crippen LogP contribution < -0.4 is 10.6 Å². The van der Waals surface area contributed by atoms with Gasteiger partial charge in [-0.05, 0) is 18.9 Å². The van der Waals surface area contributed by atoms with Gasteiger partial charge in [0.05, 0.1) is 0 Å². The molecule has 2 heterocycles. The fourth-order valence-corrected chi connectivity index (χ4v) is 2.99. The monoisotopic (exact) mass is 393 g/mol. The standard InChI is InChI=1S/C21H23N5O3/c27-17(15-7-2-1-3-8-15)10-4-11-18(28)22-13-6-14-24-20-19-16(9-5-12-23-19)21(29)26-25-20/h1-3,5,7-9,12,16,24H,4,6,10-11,13-14H2,(H,22,28). The number of azo groups is 1. The Kier molecular flexibility index (Phi) is 7.16. The maximum atomic E-state index is 12.0. The van der Waals surface area contributed by atoms with Crippen LogP contribution in [0, 0.1) is 5.92 Å². The maximum Gasteiger partial charge on any atom is 0.277 e. The Labute approximate surface area is 168 Å². The lowest BCUT2D eigenvalue weighted by molar-refractivity contribution is -0.121. The van der Waals surface area contributed by atoms with Crippen molar-refractivity contribution in [1.29, 1.82) is 0 Å². The van der Waals surface area contributed by atoms with Crippen molar-refractivity contribution >= 4 is 23.8 Å². The van der Waals surface area contributed by atoms with Gasteiger partial charge < -0.3 is 10.6 Å². The van der Waals surface area contributed by atoms with Crippen LogP contribution in [-0.2, 0) is 9.59 Å². The van der Waals surface area contributed by atoms with Gasteiger partial charge in [0.25, 0.3) is 5.91 Å². The van der Waals surface area contributed by atoms with Crippen molar-refractivity contribution in [2.24, 2.45) is 21.1 Å². The summed E-state index contributed by atoms with van der Waals surface area (Å²) >= 11 is 0. The van der Waals surface area contributed by atoms with Crippen LogP contribution in [0.5, 0.6) is 0 Å². The average molecular weight is 393 g/mol. The molecule has 2 N–H and O–H groups in total. The lowest BCUT2D eigenvalue weighted by atomic mass is 10.0. The van der Waals surface area contributed by atoms with Crippen LogP contribution in [0.4, 0.5) is 0 Å². The topological polar surface area (TPSA) is 112 Å². The number of benzene rings is 1. The molecule has 0 saturated heterocycles. The van der Waals surface area contributed by atoms with Crippen molar-refractivity contribution in [1.82, 2.24) is 10.6 Å². The number of ketones is 1. The summed E-state index contributed by atoms with van der Waals surface area (Å²) < 4.78 is 0. The number of nitrogens with one attached hydrogen (secondary N) is 2. The zero-order valence-corrected chi connectivity index (χ0v) is 16.0. The molecule has 3 rings (SSSR count). The molecule has 8 heteroatoms. The molecule has 8 nitrogen and oxygen atoms in total. The molecule has 0 saturated carbocycles. The van der Waals surface area contributed by atoms with Crippen LogP contribution in [0.3, 0.4) is 0 Å². The third-order valence-electron chi connectivity index (χ3n) is 4.53. The summed E-state index contributed by atoms with van der Waals surface area (Å²) in [6.45, 7) is 1.06. The molecule has 0 bridgehead atoms. The minimum absolute atomic E-state index is 0.0516. The first kappa shape index (κ1) is 20.3. The molecule has 0 spiro atoms. The number of carbonyl (C=O) groups excluding carboxylic acids is 3. The predicted octanol–water partition coefficient (Wildman–Crippen LogP) is 2.55. The Morgan fingerprint density at radius 3 is 2.66 bits per heavy atom. The van der Waals surface area contributed by atoms with Crippen molar-refractivity contribution < 1.29 is 14.4 Å². The van der Waals surface area contributed by atoms with Crippen LogP contribution >= 0.6 is 0 Å². The van der Waals surface area contributed by atoms with Gasteiger partial charge in [-0.25, -0.2) is 0 Å². The van der Waals surface area contributed by atoms with Gasteiger partial charge in [-0.3, -0.25) is 19.4 Å². The molecule has 29 heavy (non-hydrogen) atoms. The molecule has 2 aliphatic heterocycles. The molecule has 1 atom stereocenters. The van der Waals surface area contributed by atoms with E-state index in [0.717, 1.165) is 0 Å². The van der Waals surface area contributed by atoms with Crippen LogP contribution in [0.1, 0.15) is 36.0 Å². The number of amides is 2. The molecular formula is C21H23N5O3. The third-order valence-corrected chi connectivity index (χ3v) is 4.53. The summed E-state index contributed by atoms with van der Waals surface area (Å²) in [4.78, 5) is 39.8. The SMILES string of the molecule is O=C(CCCC(=O)c1ccccc1)NCCCNC1=C2N=CC=CC2C(=O)N=N1. The molecule has 2 amide bonds. The van der Waals surface area contributed by atoms with Crippen molar-refractivity contribution in [2.45, 2.75) is 25.7 Å². The summed E-state index contributed by atoms with van der Waals surface area (Å²) in [7, 11) is 0. The molecule has 0 aromatic heterocycles. The second-order valence-corrected chi connectivity index (χ2v) is 6.69. The highest BCUT2D eigenvalue weighted by atomic mass is 16.2. The Hall–Kier alpha value is -3.42. The van der Waals surface area contributed by atoms with Crippen LogP contribution in [0.25, 0.3) is 0 Å². The number of rotatable bonds is 10. The Morgan fingerprint density at radius 1 is 1.00 bits per heavy atom. The van der Waals surface area contributed by atoms with Crippen molar-refractivity contribution in [2.75, 3.05) is 13.1 Å². The highest BCUT2D eigenvalue weighted by Gasteiger charge is 2.28. The molecule has 2 aliphatic rings. The number of allylic oxidation sites excluding steroid dienone is 1. The van der Waals surface area contributed by atoms with Crippen LogP contribution in [0.2, 0.25) is 0 Å². The minimum Gasteiger partial charge on any atom is -0.367 e. The van der Waals surface area contributed by atoms with Gasteiger partial charge in [-0.2, -0.15) is 0 Å².